The predicted molar refractivity (Wildman–Crippen MR) is 116 cm³/mol. The van der Waals surface area contributed by atoms with Crippen molar-refractivity contribution >= 4 is 15.9 Å². The Morgan fingerprint density at radius 3 is 2.53 bits per heavy atom. The minimum Gasteiger partial charge on any atom is -0.377 e. The monoisotopic (exact) mass is 431 g/mol. The van der Waals surface area contributed by atoms with Crippen LogP contribution in [0.4, 0.5) is 0 Å². The van der Waals surface area contributed by atoms with E-state index in [1.54, 1.807) is 0 Å². The van der Waals surface area contributed by atoms with Crippen molar-refractivity contribution in [1.82, 2.24) is 14.9 Å². The molecule has 2 aromatic carbocycles. The molecule has 30 heavy (non-hydrogen) atoms. The quantitative estimate of drug-likeness (QED) is 0.601. The van der Waals surface area contributed by atoms with Gasteiger partial charge in [-0.2, -0.15) is 0 Å². The number of hydrogen-bond donors (Lipinski definition) is 2. The number of likely N-dealkylation sites (N-methyl/N-ethyl adjacent to an activating group) is 1. The lowest BCUT2D eigenvalue weighted by Gasteiger charge is -2.17. The first-order valence-electron chi connectivity index (χ1n) is 10.2. The molecule has 2 N–H and O–H groups in total. The number of rotatable bonds is 10. The molecule has 162 valence electrons. The first-order valence-corrected chi connectivity index (χ1v) is 11.6. The smallest absolute Gasteiger partial charge is 0.251 e. The molecule has 2 aromatic rings. The fraction of sp³-hybridized carbons (Fsp3) is 0.409. The molecule has 0 spiro atoms. The SMILES string of the molecule is CN(CCNC(=O)c1ccc(S(=O)(=O)NCC2CCCO2)cc1)Cc1ccccc1. The number of hydrogen-bond acceptors (Lipinski definition) is 5. The highest BCUT2D eigenvalue weighted by Gasteiger charge is 2.20. The van der Waals surface area contributed by atoms with Gasteiger partial charge in [0.2, 0.25) is 10.0 Å². The number of carbonyl (C=O) groups is 1. The van der Waals surface area contributed by atoms with Gasteiger partial charge < -0.3 is 15.0 Å². The Morgan fingerprint density at radius 1 is 1.13 bits per heavy atom. The standard InChI is InChI=1S/C22H29N3O4S/c1-25(17-18-6-3-2-4-7-18)14-13-23-22(26)19-9-11-21(12-10-19)30(27,28)24-16-20-8-5-15-29-20/h2-4,6-7,9-12,20,24H,5,8,13-17H2,1H3,(H,23,26). The van der Waals surface area contributed by atoms with E-state index in [2.05, 4.69) is 27.1 Å². The van der Waals surface area contributed by atoms with Crippen molar-refractivity contribution < 1.29 is 17.9 Å². The van der Waals surface area contributed by atoms with Crippen molar-refractivity contribution in [3.63, 3.8) is 0 Å². The minimum absolute atomic E-state index is 0.0650. The largest absolute Gasteiger partial charge is 0.377 e. The van der Waals surface area contributed by atoms with Crippen LogP contribution in [-0.4, -0.2) is 58.6 Å². The van der Waals surface area contributed by atoms with Crippen LogP contribution in [0.5, 0.6) is 0 Å². The number of nitrogens with zero attached hydrogens (tertiary/aromatic N) is 1. The van der Waals surface area contributed by atoms with E-state index in [9.17, 15) is 13.2 Å². The highest BCUT2D eigenvalue weighted by Crippen LogP contribution is 2.14. The number of amides is 1. The summed E-state index contributed by atoms with van der Waals surface area (Å²) in [7, 11) is -1.61. The van der Waals surface area contributed by atoms with Gasteiger partial charge in [0, 0.05) is 38.3 Å². The maximum atomic E-state index is 12.4. The summed E-state index contributed by atoms with van der Waals surface area (Å²) in [6.07, 6.45) is 1.75. The molecule has 0 saturated carbocycles. The molecule has 1 saturated heterocycles. The summed E-state index contributed by atoms with van der Waals surface area (Å²) in [6.45, 7) is 2.97. The average molecular weight is 432 g/mol. The molecule has 0 aliphatic carbocycles. The molecule has 8 heteroatoms. The Bertz CT molecular complexity index is 911. The van der Waals surface area contributed by atoms with E-state index in [1.807, 2.05) is 25.2 Å². The van der Waals surface area contributed by atoms with E-state index in [4.69, 9.17) is 4.74 Å². The van der Waals surface area contributed by atoms with Crippen LogP contribution in [0.2, 0.25) is 0 Å². The van der Waals surface area contributed by atoms with Crippen LogP contribution >= 0.6 is 0 Å². The van der Waals surface area contributed by atoms with Crippen LogP contribution in [-0.2, 0) is 21.3 Å². The lowest BCUT2D eigenvalue weighted by atomic mass is 10.2. The highest BCUT2D eigenvalue weighted by molar-refractivity contribution is 7.89. The average Bonchev–Trinajstić information content (AvgIpc) is 3.27. The van der Waals surface area contributed by atoms with Gasteiger partial charge in [0.05, 0.1) is 11.0 Å². The maximum absolute atomic E-state index is 12.4. The van der Waals surface area contributed by atoms with Gasteiger partial charge >= 0.3 is 0 Å². The van der Waals surface area contributed by atoms with Crippen molar-refractivity contribution in [2.45, 2.75) is 30.4 Å². The molecule has 1 atom stereocenters. The van der Waals surface area contributed by atoms with Crippen LogP contribution in [0.3, 0.4) is 0 Å². The lowest BCUT2D eigenvalue weighted by Crippen LogP contribution is -2.33. The summed E-state index contributed by atoms with van der Waals surface area (Å²) in [5, 5.41) is 2.87. The lowest BCUT2D eigenvalue weighted by molar-refractivity contribution is 0.0949. The third kappa shape index (κ3) is 6.63. The molecule has 3 rings (SSSR count). The molecule has 1 fully saturated rings. The maximum Gasteiger partial charge on any atom is 0.251 e. The fourth-order valence-corrected chi connectivity index (χ4v) is 4.38. The molecule has 0 aromatic heterocycles. The highest BCUT2D eigenvalue weighted by atomic mass is 32.2. The van der Waals surface area contributed by atoms with Crippen molar-refractivity contribution in [3.8, 4) is 0 Å². The number of sulfonamides is 1. The molecule has 1 aliphatic heterocycles. The summed E-state index contributed by atoms with van der Waals surface area (Å²) in [4.78, 5) is 14.6. The van der Waals surface area contributed by atoms with Gasteiger partial charge in [0.25, 0.3) is 5.91 Å². The van der Waals surface area contributed by atoms with Crippen LogP contribution in [0.1, 0.15) is 28.8 Å². The Morgan fingerprint density at radius 2 is 1.87 bits per heavy atom. The summed E-state index contributed by atoms with van der Waals surface area (Å²) < 4.78 is 32.8. The second kappa shape index (κ2) is 10.7. The Labute approximate surface area is 178 Å². The summed E-state index contributed by atoms with van der Waals surface area (Å²) >= 11 is 0. The van der Waals surface area contributed by atoms with E-state index >= 15 is 0 Å². The van der Waals surface area contributed by atoms with E-state index in [0.29, 0.717) is 25.3 Å². The molecular weight excluding hydrogens is 402 g/mol. The van der Waals surface area contributed by atoms with Crippen LogP contribution in [0.25, 0.3) is 0 Å². The Balaban J connectivity index is 1.44. The molecule has 7 nitrogen and oxygen atoms in total. The van der Waals surface area contributed by atoms with Crippen molar-refractivity contribution in [2.75, 3.05) is 33.3 Å². The molecule has 0 radical (unpaired) electrons. The second-order valence-corrected chi connectivity index (χ2v) is 9.26. The van der Waals surface area contributed by atoms with Crippen molar-refractivity contribution in [1.29, 1.82) is 0 Å². The van der Waals surface area contributed by atoms with Crippen LogP contribution in [0, 0.1) is 0 Å². The van der Waals surface area contributed by atoms with Gasteiger partial charge in [-0.05, 0) is 49.7 Å². The fourth-order valence-electron chi connectivity index (χ4n) is 3.31. The zero-order valence-electron chi connectivity index (χ0n) is 17.2. The molecule has 0 bridgehead atoms. The first kappa shape index (κ1) is 22.4. The molecule has 1 aliphatic rings. The number of carbonyl (C=O) groups excluding carboxylic acids is 1. The van der Waals surface area contributed by atoms with Gasteiger partial charge in [-0.3, -0.25) is 4.79 Å². The minimum atomic E-state index is -3.62. The van der Waals surface area contributed by atoms with Gasteiger partial charge in [0.15, 0.2) is 0 Å². The summed E-state index contributed by atoms with van der Waals surface area (Å²) in [6, 6.07) is 16.1. The number of nitrogens with one attached hydrogen (secondary N) is 2. The molecular formula is C22H29N3O4S. The van der Waals surface area contributed by atoms with E-state index in [0.717, 1.165) is 19.4 Å². The zero-order chi connectivity index (χ0) is 21.4. The Kier molecular flexibility index (Phi) is 7.98. The third-order valence-electron chi connectivity index (χ3n) is 5.03. The summed E-state index contributed by atoms with van der Waals surface area (Å²) in [5.41, 5.74) is 1.65. The predicted octanol–water partition coefficient (Wildman–Crippen LogP) is 2.01. The number of benzene rings is 2. The number of ether oxygens (including phenoxy) is 1. The van der Waals surface area contributed by atoms with Gasteiger partial charge in [0.1, 0.15) is 0 Å². The topological polar surface area (TPSA) is 87.7 Å². The van der Waals surface area contributed by atoms with Gasteiger partial charge in [-0.15, -0.1) is 0 Å². The third-order valence-corrected chi connectivity index (χ3v) is 6.47. The first-order chi connectivity index (χ1) is 14.4. The zero-order valence-corrected chi connectivity index (χ0v) is 18.0. The van der Waals surface area contributed by atoms with Gasteiger partial charge in [-0.1, -0.05) is 30.3 Å². The van der Waals surface area contributed by atoms with Crippen molar-refractivity contribution in [2.24, 2.45) is 0 Å². The normalized spacial score (nSPS) is 16.7. The second-order valence-electron chi connectivity index (χ2n) is 7.49. The summed E-state index contributed by atoms with van der Waals surface area (Å²) in [5.74, 6) is -0.223. The van der Waals surface area contributed by atoms with Crippen LogP contribution < -0.4 is 10.0 Å². The molecule has 1 unspecified atom stereocenters. The van der Waals surface area contributed by atoms with E-state index < -0.39 is 10.0 Å². The molecule has 1 amide bonds. The molecule has 1 heterocycles. The van der Waals surface area contributed by atoms with Crippen molar-refractivity contribution in [3.05, 3.63) is 65.7 Å². The Hall–Kier alpha value is -2.26. The van der Waals surface area contributed by atoms with Gasteiger partial charge in [-0.25, -0.2) is 13.1 Å². The van der Waals surface area contributed by atoms with E-state index in [1.165, 1.54) is 29.8 Å². The van der Waals surface area contributed by atoms with E-state index in [-0.39, 0.29) is 23.5 Å². The van der Waals surface area contributed by atoms with Crippen LogP contribution in [0.15, 0.2) is 59.5 Å².